The molecule has 1 unspecified atom stereocenters. The molecule has 0 bridgehead atoms. The van der Waals surface area contributed by atoms with E-state index in [0.717, 1.165) is 12.2 Å². The van der Waals surface area contributed by atoms with Gasteiger partial charge in [0.25, 0.3) is 0 Å². The molecular formula is C13H17Cl2NO3S2. The van der Waals surface area contributed by atoms with Gasteiger partial charge in [-0.1, -0.05) is 30.1 Å². The highest BCUT2D eigenvalue weighted by atomic mass is 35.5. The van der Waals surface area contributed by atoms with Crippen molar-refractivity contribution in [2.75, 3.05) is 18.8 Å². The van der Waals surface area contributed by atoms with Crippen molar-refractivity contribution in [1.82, 2.24) is 4.31 Å². The van der Waals surface area contributed by atoms with Gasteiger partial charge in [-0.05, 0) is 24.1 Å². The van der Waals surface area contributed by atoms with E-state index in [1.807, 2.05) is 6.92 Å². The first-order chi connectivity index (χ1) is 9.90. The van der Waals surface area contributed by atoms with Crippen LogP contribution in [-0.2, 0) is 16.6 Å². The maximum atomic E-state index is 12.8. The zero-order chi connectivity index (χ0) is 15.6. The zero-order valence-corrected chi connectivity index (χ0v) is 14.7. The minimum absolute atomic E-state index is 0.0255. The van der Waals surface area contributed by atoms with Crippen LogP contribution in [0.2, 0.25) is 10.0 Å². The van der Waals surface area contributed by atoms with Crippen molar-refractivity contribution in [3.63, 3.8) is 0 Å². The number of rotatable bonds is 4. The average molecular weight is 370 g/mol. The number of sulfonamides is 1. The van der Waals surface area contributed by atoms with Crippen LogP contribution in [0.15, 0.2) is 17.0 Å². The van der Waals surface area contributed by atoms with Gasteiger partial charge in [-0.15, -0.1) is 0 Å². The van der Waals surface area contributed by atoms with Crippen LogP contribution in [0.25, 0.3) is 0 Å². The minimum Gasteiger partial charge on any atom is -0.392 e. The Labute approximate surface area is 139 Å². The first-order valence-electron chi connectivity index (χ1n) is 6.60. The molecule has 0 aliphatic carbocycles. The molecule has 0 radical (unpaired) electrons. The molecule has 0 saturated carbocycles. The second kappa shape index (κ2) is 7.06. The minimum atomic E-state index is -3.70. The second-order valence-electron chi connectivity index (χ2n) is 4.80. The maximum absolute atomic E-state index is 12.8. The Morgan fingerprint density at radius 2 is 2.14 bits per heavy atom. The van der Waals surface area contributed by atoms with Gasteiger partial charge in [-0.2, -0.15) is 16.1 Å². The third-order valence-electron chi connectivity index (χ3n) is 3.42. The van der Waals surface area contributed by atoms with E-state index in [9.17, 15) is 13.5 Å². The first kappa shape index (κ1) is 17.4. The van der Waals surface area contributed by atoms with E-state index in [1.165, 1.54) is 16.4 Å². The van der Waals surface area contributed by atoms with Crippen LogP contribution in [0.3, 0.4) is 0 Å². The number of hydrogen-bond donors (Lipinski definition) is 1. The highest BCUT2D eigenvalue weighted by molar-refractivity contribution is 8.00. The monoisotopic (exact) mass is 369 g/mol. The highest BCUT2D eigenvalue weighted by Gasteiger charge is 2.32. The number of halogens is 2. The van der Waals surface area contributed by atoms with E-state index in [1.54, 1.807) is 11.8 Å². The van der Waals surface area contributed by atoms with Gasteiger partial charge >= 0.3 is 0 Å². The van der Waals surface area contributed by atoms with Gasteiger partial charge in [0, 0.05) is 29.1 Å². The molecule has 8 heteroatoms. The molecule has 0 spiro atoms. The molecule has 1 aromatic rings. The van der Waals surface area contributed by atoms with E-state index < -0.39 is 10.0 Å². The number of benzene rings is 1. The lowest BCUT2D eigenvalue weighted by atomic mass is 10.2. The summed E-state index contributed by atoms with van der Waals surface area (Å²) in [6.07, 6.45) is 0.919. The van der Waals surface area contributed by atoms with Gasteiger partial charge in [0.2, 0.25) is 10.0 Å². The summed E-state index contributed by atoms with van der Waals surface area (Å²) in [4.78, 5) is -0.0255. The smallest absolute Gasteiger partial charge is 0.244 e. The summed E-state index contributed by atoms with van der Waals surface area (Å²) in [5, 5.41) is 9.86. The fraction of sp³-hybridized carbons (Fsp3) is 0.538. The molecule has 0 aromatic heterocycles. The zero-order valence-electron chi connectivity index (χ0n) is 11.6. The van der Waals surface area contributed by atoms with Crippen LogP contribution in [0.1, 0.15) is 18.9 Å². The Bertz CT molecular complexity index is 622. The van der Waals surface area contributed by atoms with Crippen molar-refractivity contribution in [3.8, 4) is 0 Å². The Kier molecular flexibility index (Phi) is 5.84. The summed E-state index contributed by atoms with van der Waals surface area (Å²) in [6, 6.07) is 2.82. The number of hydrogen-bond acceptors (Lipinski definition) is 4. The molecule has 1 heterocycles. The molecule has 0 amide bonds. The van der Waals surface area contributed by atoms with Crippen molar-refractivity contribution in [2.24, 2.45) is 0 Å². The Hall–Kier alpha value is 0.0200. The molecule has 1 aliphatic rings. The standard InChI is InChI=1S/C13H17Cl2NO3S2/c1-2-11-7-16(3-4-20-11)21(18,19)12-6-10(14)5-9(8-17)13(12)15/h5-6,11,17H,2-4,7-8H2,1H3. The summed E-state index contributed by atoms with van der Waals surface area (Å²) in [7, 11) is -3.70. The van der Waals surface area contributed by atoms with Crippen molar-refractivity contribution in [2.45, 2.75) is 30.1 Å². The van der Waals surface area contributed by atoms with Gasteiger partial charge in [0.15, 0.2) is 0 Å². The van der Waals surface area contributed by atoms with Gasteiger partial charge < -0.3 is 5.11 Å². The number of aliphatic hydroxyl groups is 1. The molecule has 1 atom stereocenters. The molecule has 2 rings (SSSR count). The first-order valence-corrected chi connectivity index (χ1v) is 9.85. The molecule has 1 saturated heterocycles. The van der Waals surface area contributed by atoms with Crippen molar-refractivity contribution < 1.29 is 13.5 Å². The van der Waals surface area contributed by atoms with Crippen LogP contribution in [0.5, 0.6) is 0 Å². The molecule has 1 aromatic carbocycles. The number of thioether (sulfide) groups is 1. The third-order valence-corrected chi connectivity index (χ3v) is 7.46. The van der Waals surface area contributed by atoms with E-state index >= 15 is 0 Å². The van der Waals surface area contributed by atoms with Gasteiger partial charge in [-0.3, -0.25) is 0 Å². The van der Waals surface area contributed by atoms with Gasteiger partial charge in [0.05, 0.1) is 11.6 Å². The van der Waals surface area contributed by atoms with E-state index in [0.29, 0.717) is 23.9 Å². The summed E-state index contributed by atoms with van der Waals surface area (Å²) in [5.41, 5.74) is 0.321. The lowest BCUT2D eigenvalue weighted by molar-refractivity contribution is 0.281. The van der Waals surface area contributed by atoms with E-state index in [2.05, 4.69) is 0 Å². The van der Waals surface area contributed by atoms with Crippen LogP contribution in [-0.4, -0.2) is 41.9 Å². The molecule has 21 heavy (non-hydrogen) atoms. The number of nitrogens with zero attached hydrogens (tertiary/aromatic N) is 1. The number of aliphatic hydroxyl groups excluding tert-OH is 1. The lowest BCUT2D eigenvalue weighted by Gasteiger charge is -2.31. The second-order valence-corrected chi connectivity index (χ2v) is 8.93. The average Bonchev–Trinajstić information content (AvgIpc) is 2.49. The Morgan fingerprint density at radius 1 is 1.43 bits per heavy atom. The SMILES string of the molecule is CCC1CN(S(=O)(=O)c2cc(Cl)cc(CO)c2Cl)CCS1. The molecule has 1 N–H and O–H groups in total. The summed E-state index contributed by atoms with van der Waals surface area (Å²) < 4.78 is 27.0. The molecule has 1 fully saturated rings. The summed E-state index contributed by atoms with van der Waals surface area (Å²) in [5.74, 6) is 0.767. The predicted molar refractivity (Wildman–Crippen MR) is 87.7 cm³/mol. The predicted octanol–water partition coefficient (Wildman–Crippen LogP) is 3.00. The van der Waals surface area contributed by atoms with Gasteiger partial charge in [0.1, 0.15) is 4.90 Å². The normalized spacial score (nSPS) is 20.7. The summed E-state index contributed by atoms with van der Waals surface area (Å²) >= 11 is 13.9. The van der Waals surface area contributed by atoms with Crippen molar-refractivity contribution in [1.29, 1.82) is 0 Å². The van der Waals surface area contributed by atoms with E-state index in [-0.39, 0.29) is 21.5 Å². The molecule has 118 valence electrons. The Balaban J connectivity index is 2.42. The fourth-order valence-electron chi connectivity index (χ4n) is 2.22. The van der Waals surface area contributed by atoms with Crippen LogP contribution in [0.4, 0.5) is 0 Å². The van der Waals surface area contributed by atoms with Crippen LogP contribution < -0.4 is 0 Å². The summed E-state index contributed by atoms with van der Waals surface area (Å²) in [6.45, 7) is 2.63. The fourth-order valence-corrected chi connectivity index (χ4v) is 5.99. The molecule has 4 nitrogen and oxygen atoms in total. The van der Waals surface area contributed by atoms with Crippen LogP contribution >= 0.6 is 35.0 Å². The van der Waals surface area contributed by atoms with Crippen LogP contribution in [0, 0.1) is 0 Å². The maximum Gasteiger partial charge on any atom is 0.244 e. The highest BCUT2D eigenvalue weighted by Crippen LogP contribution is 2.33. The topological polar surface area (TPSA) is 57.6 Å². The third kappa shape index (κ3) is 3.68. The largest absolute Gasteiger partial charge is 0.392 e. The quantitative estimate of drug-likeness (QED) is 0.885. The Morgan fingerprint density at radius 3 is 2.76 bits per heavy atom. The molecule has 1 aliphatic heterocycles. The van der Waals surface area contributed by atoms with E-state index in [4.69, 9.17) is 23.2 Å². The van der Waals surface area contributed by atoms with Gasteiger partial charge in [-0.25, -0.2) is 8.42 Å². The molecular weight excluding hydrogens is 353 g/mol. The lowest BCUT2D eigenvalue weighted by Crippen LogP contribution is -2.41. The van der Waals surface area contributed by atoms with Crippen molar-refractivity contribution in [3.05, 3.63) is 27.7 Å². The van der Waals surface area contributed by atoms with Crippen molar-refractivity contribution >= 4 is 45.0 Å².